The van der Waals surface area contributed by atoms with Gasteiger partial charge in [-0.05, 0) is 47.0 Å². The van der Waals surface area contributed by atoms with Crippen LogP contribution in [0.25, 0.3) is 0 Å². The Labute approximate surface area is 172 Å². The van der Waals surface area contributed by atoms with Crippen LogP contribution in [0.2, 0.25) is 0 Å². The average Bonchev–Trinajstić information content (AvgIpc) is 3.08. The lowest BCUT2D eigenvalue weighted by Crippen LogP contribution is -2.31. The van der Waals surface area contributed by atoms with E-state index < -0.39 is 29.3 Å². The Bertz CT molecular complexity index is 1090. The monoisotopic (exact) mass is 439 g/mol. The molecular formula is C22H15F6NO2. The molecule has 3 aromatic carbocycles. The summed E-state index contributed by atoms with van der Waals surface area (Å²) in [6.45, 7) is 0.0413. The van der Waals surface area contributed by atoms with Crippen LogP contribution in [0.3, 0.4) is 0 Å². The molecule has 4 rings (SSSR count). The number of benzene rings is 3. The van der Waals surface area contributed by atoms with E-state index in [1.807, 2.05) is 0 Å². The normalized spacial score (nSPS) is 18.4. The molecule has 3 aromatic rings. The Balaban J connectivity index is 1.90. The van der Waals surface area contributed by atoms with Crippen molar-refractivity contribution < 1.29 is 36.2 Å². The van der Waals surface area contributed by atoms with Crippen molar-refractivity contribution in [3.05, 3.63) is 89.0 Å². The molecule has 0 spiro atoms. The number of phenols is 1. The molecule has 1 aliphatic rings. The standard InChI is InChI=1S/C22H15F6NO2/c23-21(24,25)18-3-1-2-17-19(18)29-12-20(17,13-4-8-15(30)9-5-13)14-6-10-16(11-7-14)31-22(26,27)28/h1-11,29-30H,12H2/t20-/m0/s1. The number of nitrogens with one attached hydrogen (secondary N) is 1. The van der Waals surface area contributed by atoms with Gasteiger partial charge in [0.2, 0.25) is 0 Å². The van der Waals surface area contributed by atoms with Crippen molar-refractivity contribution in [2.45, 2.75) is 18.0 Å². The number of halogens is 6. The largest absolute Gasteiger partial charge is 0.573 e. The van der Waals surface area contributed by atoms with Crippen LogP contribution in [-0.2, 0) is 11.6 Å². The van der Waals surface area contributed by atoms with Crippen molar-refractivity contribution >= 4 is 5.69 Å². The molecule has 0 unspecified atom stereocenters. The molecule has 3 nitrogen and oxygen atoms in total. The van der Waals surface area contributed by atoms with E-state index in [0.29, 0.717) is 16.7 Å². The number of anilines is 1. The Morgan fingerprint density at radius 2 is 1.39 bits per heavy atom. The van der Waals surface area contributed by atoms with E-state index in [4.69, 9.17) is 0 Å². The van der Waals surface area contributed by atoms with Crippen LogP contribution in [-0.4, -0.2) is 18.0 Å². The van der Waals surface area contributed by atoms with Gasteiger partial charge in [-0.3, -0.25) is 0 Å². The number of hydrogen-bond acceptors (Lipinski definition) is 3. The molecule has 1 atom stereocenters. The summed E-state index contributed by atoms with van der Waals surface area (Å²) in [7, 11) is 0. The highest BCUT2D eigenvalue weighted by atomic mass is 19.4. The first-order valence-electron chi connectivity index (χ1n) is 9.11. The van der Waals surface area contributed by atoms with Crippen LogP contribution in [0.15, 0.2) is 66.7 Å². The fourth-order valence-electron chi connectivity index (χ4n) is 4.02. The van der Waals surface area contributed by atoms with Crippen molar-refractivity contribution in [3.8, 4) is 11.5 Å². The van der Waals surface area contributed by atoms with Crippen molar-refractivity contribution in [3.63, 3.8) is 0 Å². The summed E-state index contributed by atoms with van der Waals surface area (Å²) >= 11 is 0. The Morgan fingerprint density at radius 3 is 1.94 bits per heavy atom. The fourth-order valence-corrected chi connectivity index (χ4v) is 4.02. The Morgan fingerprint density at radius 1 is 0.806 bits per heavy atom. The number of aromatic hydroxyl groups is 1. The van der Waals surface area contributed by atoms with E-state index in [1.165, 1.54) is 30.3 Å². The molecule has 0 aliphatic carbocycles. The maximum Gasteiger partial charge on any atom is 0.573 e. The van der Waals surface area contributed by atoms with Crippen molar-refractivity contribution in [2.75, 3.05) is 11.9 Å². The zero-order chi connectivity index (χ0) is 22.4. The third-order valence-corrected chi connectivity index (χ3v) is 5.30. The third-order valence-electron chi connectivity index (χ3n) is 5.30. The van der Waals surface area contributed by atoms with Gasteiger partial charge >= 0.3 is 12.5 Å². The average molecular weight is 439 g/mol. The molecule has 0 saturated carbocycles. The first-order valence-corrected chi connectivity index (χ1v) is 9.11. The van der Waals surface area contributed by atoms with Gasteiger partial charge in [-0.1, -0.05) is 36.4 Å². The molecule has 162 valence electrons. The molecule has 9 heteroatoms. The number of phenolic OH excluding ortho intramolecular Hbond substituents is 1. The van der Waals surface area contributed by atoms with Gasteiger partial charge in [0, 0.05) is 6.54 Å². The van der Waals surface area contributed by atoms with Crippen molar-refractivity contribution in [1.82, 2.24) is 0 Å². The lowest BCUT2D eigenvalue weighted by Gasteiger charge is -2.31. The summed E-state index contributed by atoms with van der Waals surface area (Å²) in [5.41, 5.74) is -0.668. The molecule has 0 fully saturated rings. The van der Waals surface area contributed by atoms with Gasteiger partial charge in [-0.25, -0.2) is 0 Å². The van der Waals surface area contributed by atoms with Crippen LogP contribution >= 0.6 is 0 Å². The molecule has 2 N–H and O–H groups in total. The minimum atomic E-state index is -4.86. The third kappa shape index (κ3) is 3.75. The molecule has 1 heterocycles. The lowest BCUT2D eigenvalue weighted by atomic mass is 9.70. The van der Waals surface area contributed by atoms with Crippen molar-refractivity contribution in [1.29, 1.82) is 0 Å². The molecule has 0 radical (unpaired) electrons. The molecule has 31 heavy (non-hydrogen) atoms. The highest BCUT2D eigenvalue weighted by molar-refractivity contribution is 5.72. The predicted molar refractivity (Wildman–Crippen MR) is 101 cm³/mol. The molecule has 0 saturated heterocycles. The summed E-state index contributed by atoms with van der Waals surface area (Å²) in [5.74, 6) is -0.463. The Kier molecular flexibility index (Phi) is 4.79. The summed E-state index contributed by atoms with van der Waals surface area (Å²) in [4.78, 5) is 0. The van der Waals surface area contributed by atoms with Crippen LogP contribution in [0.5, 0.6) is 11.5 Å². The first kappa shape index (κ1) is 20.9. The molecular weight excluding hydrogens is 424 g/mol. The van der Waals surface area contributed by atoms with Gasteiger partial charge in [0.05, 0.1) is 16.7 Å². The second-order valence-corrected chi connectivity index (χ2v) is 7.10. The van der Waals surface area contributed by atoms with Gasteiger partial charge < -0.3 is 15.2 Å². The number of hydrogen-bond donors (Lipinski definition) is 2. The van der Waals surface area contributed by atoms with E-state index in [2.05, 4.69) is 10.1 Å². The van der Waals surface area contributed by atoms with Crippen LogP contribution in [0.1, 0.15) is 22.3 Å². The van der Waals surface area contributed by atoms with E-state index in [-0.39, 0.29) is 18.0 Å². The second-order valence-electron chi connectivity index (χ2n) is 7.10. The topological polar surface area (TPSA) is 41.5 Å². The maximum absolute atomic E-state index is 13.6. The summed E-state index contributed by atoms with van der Waals surface area (Å²) in [6.07, 6.45) is -9.45. The van der Waals surface area contributed by atoms with Gasteiger partial charge in [-0.15, -0.1) is 13.2 Å². The SMILES string of the molecule is Oc1ccc([C@]2(c3ccc(OC(F)(F)F)cc3)CNc3c(C(F)(F)F)cccc32)cc1. The zero-order valence-corrected chi connectivity index (χ0v) is 15.7. The zero-order valence-electron chi connectivity index (χ0n) is 15.7. The Hall–Kier alpha value is -3.36. The molecule has 1 aliphatic heterocycles. The fraction of sp³-hybridized carbons (Fsp3) is 0.182. The maximum atomic E-state index is 13.6. The van der Waals surface area contributed by atoms with Crippen molar-refractivity contribution in [2.24, 2.45) is 0 Å². The van der Waals surface area contributed by atoms with Gasteiger partial charge in [0.25, 0.3) is 0 Å². The number of rotatable bonds is 3. The van der Waals surface area contributed by atoms with E-state index in [0.717, 1.165) is 18.2 Å². The van der Waals surface area contributed by atoms with E-state index >= 15 is 0 Å². The number of fused-ring (bicyclic) bond motifs is 1. The van der Waals surface area contributed by atoms with Gasteiger partial charge in [0.15, 0.2) is 0 Å². The molecule has 0 aromatic heterocycles. The minimum Gasteiger partial charge on any atom is -0.508 e. The highest BCUT2D eigenvalue weighted by Crippen LogP contribution is 2.51. The quantitative estimate of drug-likeness (QED) is 0.487. The minimum absolute atomic E-state index is 0.0250. The van der Waals surface area contributed by atoms with E-state index in [9.17, 15) is 31.4 Å². The summed E-state index contributed by atoms with van der Waals surface area (Å²) in [6, 6.07) is 14.8. The van der Waals surface area contributed by atoms with Gasteiger partial charge in [-0.2, -0.15) is 13.2 Å². The predicted octanol–water partition coefficient (Wildman–Crippen LogP) is 6.07. The summed E-state index contributed by atoms with van der Waals surface area (Å²) < 4.78 is 82.1. The second kappa shape index (κ2) is 7.11. The number of ether oxygens (including phenoxy) is 1. The molecule has 0 amide bonds. The highest BCUT2D eigenvalue weighted by Gasteiger charge is 2.46. The number of para-hydroxylation sites is 1. The number of alkyl halides is 6. The van der Waals surface area contributed by atoms with Crippen LogP contribution in [0, 0.1) is 0 Å². The van der Waals surface area contributed by atoms with Gasteiger partial charge in [0.1, 0.15) is 11.5 Å². The van der Waals surface area contributed by atoms with Crippen LogP contribution < -0.4 is 10.1 Å². The van der Waals surface area contributed by atoms with Crippen LogP contribution in [0.4, 0.5) is 32.0 Å². The first-order chi connectivity index (χ1) is 14.5. The smallest absolute Gasteiger partial charge is 0.508 e. The lowest BCUT2D eigenvalue weighted by molar-refractivity contribution is -0.274. The molecule has 0 bridgehead atoms. The van der Waals surface area contributed by atoms with E-state index in [1.54, 1.807) is 18.2 Å². The summed E-state index contributed by atoms with van der Waals surface area (Å²) in [5, 5.41) is 12.5.